The zero-order chi connectivity index (χ0) is 12.0. The van der Waals surface area contributed by atoms with Crippen molar-refractivity contribution in [1.82, 2.24) is 5.32 Å². The first-order valence-electron chi connectivity index (χ1n) is 6.72. The standard InChI is InChI=1S/C13H28N2O/c1-4-16-9-13(10(2)3)15-12-7-5-6-11(12)8-14/h10-13,15H,4-9,14H2,1-3H3. The molecule has 0 aromatic carbocycles. The largest absolute Gasteiger partial charge is 0.380 e. The van der Waals surface area contributed by atoms with Crippen LogP contribution in [0.2, 0.25) is 0 Å². The molecule has 16 heavy (non-hydrogen) atoms. The van der Waals surface area contributed by atoms with Gasteiger partial charge < -0.3 is 15.8 Å². The van der Waals surface area contributed by atoms with Crippen molar-refractivity contribution in [3.8, 4) is 0 Å². The number of hydrogen-bond acceptors (Lipinski definition) is 3. The molecule has 0 aromatic rings. The molecule has 0 spiro atoms. The zero-order valence-corrected chi connectivity index (χ0v) is 11.0. The molecule has 1 saturated carbocycles. The van der Waals surface area contributed by atoms with Crippen LogP contribution in [0, 0.1) is 11.8 Å². The van der Waals surface area contributed by atoms with E-state index < -0.39 is 0 Å². The minimum absolute atomic E-state index is 0.470. The number of nitrogens with one attached hydrogen (secondary N) is 1. The van der Waals surface area contributed by atoms with Crippen molar-refractivity contribution >= 4 is 0 Å². The predicted molar refractivity (Wildman–Crippen MR) is 68.4 cm³/mol. The number of ether oxygens (including phenoxy) is 1. The fraction of sp³-hybridized carbons (Fsp3) is 1.00. The number of hydrogen-bond donors (Lipinski definition) is 2. The lowest BCUT2D eigenvalue weighted by Gasteiger charge is -2.29. The molecule has 0 heterocycles. The van der Waals surface area contributed by atoms with E-state index in [1.165, 1.54) is 19.3 Å². The maximum absolute atomic E-state index is 5.80. The van der Waals surface area contributed by atoms with Gasteiger partial charge in [0.05, 0.1) is 6.61 Å². The Morgan fingerprint density at radius 3 is 2.69 bits per heavy atom. The van der Waals surface area contributed by atoms with Crippen LogP contribution in [0.4, 0.5) is 0 Å². The summed E-state index contributed by atoms with van der Waals surface area (Å²) in [6.45, 7) is 9.00. The number of nitrogens with two attached hydrogens (primary N) is 1. The summed E-state index contributed by atoms with van der Waals surface area (Å²) in [7, 11) is 0. The summed E-state index contributed by atoms with van der Waals surface area (Å²) < 4.78 is 5.54. The monoisotopic (exact) mass is 228 g/mol. The highest BCUT2D eigenvalue weighted by Crippen LogP contribution is 2.25. The third kappa shape index (κ3) is 4.04. The fourth-order valence-corrected chi connectivity index (χ4v) is 2.49. The Bertz CT molecular complexity index is 185. The van der Waals surface area contributed by atoms with Gasteiger partial charge in [0.2, 0.25) is 0 Å². The van der Waals surface area contributed by atoms with Crippen molar-refractivity contribution in [3.63, 3.8) is 0 Å². The smallest absolute Gasteiger partial charge is 0.0622 e. The van der Waals surface area contributed by atoms with Gasteiger partial charge in [-0.05, 0) is 38.1 Å². The predicted octanol–water partition coefficient (Wildman–Crippen LogP) is 1.76. The average molecular weight is 228 g/mol. The fourth-order valence-electron chi connectivity index (χ4n) is 2.49. The van der Waals surface area contributed by atoms with E-state index in [9.17, 15) is 0 Å². The van der Waals surface area contributed by atoms with E-state index in [1.54, 1.807) is 0 Å². The highest BCUT2D eigenvalue weighted by molar-refractivity contribution is 4.87. The van der Waals surface area contributed by atoms with Gasteiger partial charge >= 0.3 is 0 Å². The maximum atomic E-state index is 5.80. The molecule has 0 saturated heterocycles. The SMILES string of the molecule is CCOCC(NC1CCCC1CN)C(C)C. The summed E-state index contributed by atoms with van der Waals surface area (Å²) in [6, 6.07) is 1.08. The second-order valence-corrected chi connectivity index (χ2v) is 5.21. The molecule has 1 aliphatic rings. The van der Waals surface area contributed by atoms with Gasteiger partial charge in [-0.2, -0.15) is 0 Å². The van der Waals surface area contributed by atoms with E-state index in [0.717, 1.165) is 19.8 Å². The van der Waals surface area contributed by atoms with Gasteiger partial charge in [0.1, 0.15) is 0 Å². The van der Waals surface area contributed by atoms with E-state index in [0.29, 0.717) is 23.9 Å². The van der Waals surface area contributed by atoms with E-state index in [2.05, 4.69) is 26.1 Å². The van der Waals surface area contributed by atoms with Gasteiger partial charge in [0.25, 0.3) is 0 Å². The molecule has 3 heteroatoms. The van der Waals surface area contributed by atoms with Gasteiger partial charge in [0, 0.05) is 18.7 Å². The summed E-state index contributed by atoms with van der Waals surface area (Å²) in [5, 5.41) is 3.75. The van der Waals surface area contributed by atoms with Crippen molar-refractivity contribution in [2.24, 2.45) is 17.6 Å². The van der Waals surface area contributed by atoms with Crippen molar-refractivity contribution in [1.29, 1.82) is 0 Å². The summed E-state index contributed by atoms with van der Waals surface area (Å²) in [5.41, 5.74) is 5.80. The Labute approximate surface area is 100 Å². The zero-order valence-electron chi connectivity index (χ0n) is 11.0. The van der Waals surface area contributed by atoms with Crippen LogP contribution in [0.1, 0.15) is 40.0 Å². The van der Waals surface area contributed by atoms with Crippen molar-refractivity contribution in [2.45, 2.75) is 52.1 Å². The molecule has 3 atom stereocenters. The molecule has 0 aromatic heterocycles. The molecule has 0 aliphatic heterocycles. The normalized spacial score (nSPS) is 27.6. The van der Waals surface area contributed by atoms with E-state index in [1.807, 2.05) is 0 Å². The summed E-state index contributed by atoms with van der Waals surface area (Å²) in [6.07, 6.45) is 3.88. The molecule has 0 radical (unpaired) electrons. The molecule has 0 amide bonds. The lowest BCUT2D eigenvalue weighted by atomic mass is 9.99. The quantitative estimate of drug-likeness (QED) is 0.698. The number of rotatable bonds is 7. The molecule has 1 aliphatic carbocycles. The molecular formula is C13H28N2O. The maximum Gasteiger partial charge on any atom is 0.0622 e. The molecule has 0 bridgehead atoms. The Morgan fingerprint density at radius 2 is 2.12 bits per heavy atom. The lowest BCUT2D eigenvalue weighted by molar-refractivity contribution is 0.101. The van der Waals surface area contributed by atoms with Crippen LogP contribution in [0.5, 0.6) is 0 Å². The molecule has 3 nitrogen and oxygen atoms in total. The Hall–Kier alpha value is -0.120. The Morgan fingerprint density at radius 1 is 1.38 bits per heavy atom. The lowest BCUT2D eigenvalue weighted by Crippen LogP contribution is -2.47. The third-order valence-corrected chi connectivity index (χ3v) is 3.70. The summed E-state index contributed by atoms with van der Waals surface area (Å²) in [5.74, 6) is 1.29. The first-order valence-corrected chi connectivity index (χ1v) is 6.72. The average Bonchev–Trinajstić information content (AvgIpc) is 2.70. The van der Waals surface area contributed by atoms with E-state index in [-0.39, 0.29) is 0 Å². The van der Waals surface area contributed by atoms with Crippen LogP contribution in [0.25, 0.3) is 0 Å². The minimum atomic E-state index is 0.470. The Kier molecular flexibility index (Phi) is 6.32. The van der Waals surface area contributed by atoms with Gasteiger partial charge in [-0.1, -0.05) is 20.3 Å². The van der Waals surface area contributed by atoms with Crippen molar-refractivity contribution < 1.29 is 4.74 Å². The van der Waals surface area contributed by atoms with Gasteiger partial charge in [0.15, 0.2) is 0 Å². The second kappa shape index (κ2) is 7.25. The molecule has 1 fully saturated rings. The topological polar surface area (TPSA) is 47.3 Å². The molecule has 1 rings (SSSR count). The second-order valence-electron chi connectivity index (χ2n) is 5.21. The molecular weight excluding hydrogens is 200 g/mol. The van der Waals surface area contributed by atoms with Crippen LogP contribution >= 0.6 is 0 Å². The van der Waals surface area contributed by atoms with Gasteiger partial charge in [-0.25, -0.2) is 0 Å². The van der Waals surface area contributed by atoms with Crippen molar-refractivity contribution in [3.05, 3.63) is 0 Å². The van der Waals surface area contributed by atoms with Crippen LogP contribution in [-0.4, -0.2) is 31.8 Å². The Balaban J connectivity index is 2.40. The van der Waals surface area contributed by atoms with Crippen LogP contribution < -0.4 is 11.1 Å². The van der Waals surface area contributed by atoms with Crippen LogP contribution in [0.3, 0.4) is 0 Å². The molecule has 3 N–H and O–H groups in total. The summed E-state index contributed by atoms with van der Waals surface area (Å²) >= 11 is 0. The van der Waals surface area contributed by atoms with E-state index in [4.69, 9.17) is 10.5 Å². The van der Waals surface area contributed by atoms with Gasteiger partial charge in [-0.15, -0.1) is 0 Å². The summed E-state index contributed by atoms with van der Waals surface area (Å²) in [4.78, 5) is 0. The molecule has 96 valence electrons. The highest BCUT2D eigenvalue weighted by Gasteiger charge is 2.28. The van der Waals surface area contributed by atoms with Crippen molar-refractivity contribution in [2.75, 3.05) is 19.8 Å². The highest BCUT2D eigenvalue weighted by atomic mass is 16.5. The molecule has 3 unspecified atom stereocenters. The third-order valence-electron chi connectivity index (χ3n) is 3.70. The first kappa shape index (κ1) is 13.9. The van der Waals surface area contributed by atoms with E-state index >= 15 is 0 Å². The van der Waals surface area contributed by atoms with Gasteiger partial charge in [-0.3, -0.25) is 0 Å². The minimum Gasteiger partial charge on any atom is -0.380 e. The first-order chi connectivity index (χ1) is 7.69. The van der Waals surface area contributed by atoms with Crippen LogP contribution in [0.15, 0.2) is 0 Å². The van der Waals surface area contributed by atoms with Crippen LogP contribution in [-0.2, 0) is 4.74 Å².